The van der Waals surface area contributed by atoms with Gasteiger partial charge in [-0.15, -0.1) is 0 Å². The van der Waals surface area contributed by atoms with Crippen molar-refractivity contribution < 1.29 is 14.3 Å². The van der Waals surface area contributed by atoms with Gasteiger partial charge in [-0.25, -0.2) is 4.79 Å². The molecule has 0 saturated carbocycles. The lowest BCUT2D eigenvalue weighted by molar-refractivity contribution is 0.0411. The molecule has 116 valence electrons. The van der Waals surface area contributed by atoms with Gasteiger partial charge in [-0.3, -0.25) is 0 Å². The van der Waals surface area contributed by atoms with E-state index in [2.05, 4.69) is 27.9 Å². The number of ether oxygens (including phenoxy) is 2. The quantitative estimate of drug-likeness (QED) is 0.760. The van der Waals surface area contributed by atoms with Crippen LogP contribution in [0.2, 0.25) is 0 Å². The van der Waals surface area contributed by atoms with Gasteiger partial charge in [0.1, 0.15) is 0 Å². The average molecular weight is 356 g/mol. The third kappa shape index (κ3) is 4.80. The van der Waals surface area contributed by atoms with Crippen LogP contribution in [0.4, 0.5) is 0 Å². The van der Waals surface area contributed by atoms with Gasteiger partial charge in [0.25, 0.3) is 0 Å². The normalized spacial score (nSPS) is 18.8. The van der Waals surface area contributed by atoms with Crippen LogP contribution in [-0.4, -0.2) is 44.8 Å². The Morgan fingerprint density at radius 2 is 2.33 bits per heavy atom. The molecule has 1 atom stereocenters. The SMILES string of the molecule is COC(=O)c1ccc(CN(C)CC2CCCOC2)c(Br)c1. The summed E-state index contributed by atoms with van der Waals surface area (Å²) in [7, 11) is 3.51. The molecule has 0 spiro atoms. The molecule has 1 saturated heterocycles. The summed E-state index contributed by atoms with van der Waals surface area (Å²) in [4.78, 5) is 13.8. The van der Waals surface area contributed by atoms with Crippen LogP contribution < -0.4 is 0 Å². The first-order valence-electron chi connectivity index (χ1n) is 7.23. The van der Waals surface area contributed by atoms with Gasteiger partial charge in [-0.2, -0.15) is 0 Å². The van der Waals surface area contributed by atoms with E-state index in [9.17, 15) is 4.79 Å². The van der Waals surface area contributed by atoms with E-state index in [1.807, 2.05) is 18.2 Å². The summed E-state index contributed by atoms with van der Waals surface area (Å²) in [5.41, 5.74) is 1.73. The number of nitrogens with zero attached hydrogens (tertiary/aromatic N) is 1. The second-order valence-corrected chi connectivity index (χ2v) is 6.43. The van der Waals surface area contributed by atoms with Crippen LogP contribution in [0.25, 0.3) is 0 Å². The van der Waals surface area contributed by atoms with Crippen molar-refractivity contribution in [1.82, 2.24) is 4.90 Å². The zero-order valence-corrected chi connectivity index (χ0v) is 14.2. The van der Waals surface area contributed by atoms with Gasteiger partial charge in [0.2, 0.25) is 0 Å². The Bertz CT molecular complexity index is 486. The predicted molar refractivity (Wildman–Crippen MR) is 85.4 cm³/mol. The first-order chi connectivity index (χ1) is 10.1. The number of rotatable bonds is 5. The van der Waals surface area contributed by atoms with Crippen LogP contribution in [0.5, 0.6) is 0 Å². The summed E-state index contributed by atoms with van der Waals surface area (Å²) in [5.74, 6) is 0.312. The van der Waals surface area contributed by atoms with Crippen molar-refractivity contribution in [2.75, 3.05) is 33.9 Å². The highest BCUT2D eigenvalue weighted by molar-refractivity contribution is 9.10. The summed E-state index contributed by atoms with van der Waals surface area (Å²) in [6.07, 6.45) is 2.41. The second-order valence-electron chi connectivity index (χ2n) is 5.58. The monoisotopic (exact) mass is 355 g/mol. The molecule has 0 amide bonds. The van der Waals surface area contributed by atoms with Crippen LogP contribution in [0.3, 0.4) is 0 Å². The number of hydrogen-bond donors (Lipinski definition) is 0. The first-order valence-corrected chi connectivity index (χ1v) is 8.02. The minimum Gasteiger partial charge on any atom is -0.465 e. The third-order valence-electron chi connectivity index (χ3n) is 3.74. The Balaban J connectivity index is 1.93. The maximum atomic E-state index is 11.5. The van der Waals surface area contributed by atoms with Gasteiger partial charge in [-0.05, 0) is 43.5 Å². The molecule has 1 aromatic rings. The van der Waals surface area contributed by atoms with E-state index < -0.39 is 0 Å². The van der Waals surface area contributed by atoms with Crippen molar-refractivity contribution in [3.05, 3.63) is 33.8 Å². The van der Waals surface area contributed by atoms with E-state index in [1.165, 1.54) is 19.1 Å². The zero-order chi connectivity index (χ0) is 15.2. The molecule has 1 aromatic carbocycles. The van der Waals surface area contributed by atoms with Crippen molar-refractivity contribution in [3.63, 3.8) is 0 Å². The van der Waals surface area contributed by atoms with Gasteiger partial charge in [-0.1, -0.05) is 22.0 Å². The van der Waals surface area contributed by atoms with E-state index in [1.54, 1.807) is 0 Å². The molecule has 4 nitrogen and oxygen atoms in total. The lowest BCUT2D eigenvalue weighted by Gasteiger charge is -2.27. The largest absolute Gasteiger partial charge is 0.465 e. The van der Waals surface area contributed by atoms with E-state index in [0.717, 1.165) is 37.2 Å². The molecule has 0 bridgehead atoms. The Morgan fingerprint density at radius 1 is 1.52 bits per heavy atom. The number of hydrogen-bond acceptors (Lipinski definition) is 4. The summed E-state index contributed by atoms with van der Waals surface area (Å²) in [6.45, 7) is 3.65. The number of carbonyl (C=O) groups is 1. The number of carbonyl (C=O) groups excluding carboxylic acids is 1. The summed E-state index contributed by atoms with van der Waals surface area (Å²) >= 11 is 3.54. The van der Waals surface area contributed by atoms with Crippen molar-refractivity contribution in [2.45, 2.75) is 19.4 Å². The highest BCUT2D eigenvalue weighted by atomic mass is 79.9. The topological polar surface area (TPSA) is 38.8 Å². The number of esters is 1. The Kier molecular flexibility index (Phi) is 6.21. The molecule has 0 aromatic heterocycles. The first kappa shape index (κ1) is 16.5. The van der Waals surface area contributed by atoms with Crippen molar-refractivity contribution in [3.8, 4) is 0 Å². The van der Waals surface area contributed by atoms with Crippen LogP contribution >= 0.6 is 15.9 Å². The Labute approximate surface area is 134 Å². The van der Waals surface area contributed by atoms with Crippen molar-refractivity contribution in [2.24, 2.45) is 5.92 Å². The molecule has 0 radical (unpaired) electrons. The minimum atomic E-state index is -0.310. The molecule has 1 heterocycles. The van der Waals surface area contributed by atoms with Gasteiger partial charge >= 0.3 is 5.97 Å². The summed E-state index contributed by atoms with van der Waals surface area (Å²) < 4.78 is 11.2. The molecular formula is C16H22BrNO3. The maximum absolute atomic E-state index is 11.5. The molecule has 1 unspecified atom stereocenters. The lowest BCUT2D eigenvalue weighted by atomic mass is 10.0. The highest BCUT2D eigenvalue weighted by Gasteiger charge is 2.17. The molecule has 1 aliphatic rings. The van der Waals surface area contributed by atoms with E-state index in [4.69, 9.17) is 9.47 Å². The molecule has 2 rings (SSSR count). The molecule has 5 heteroatoms. The average Bonchev–Trinajstić information content (AvgIpc) is 2.49. The third-order valence-corrected chi connectivity index (χ3v) is 4.48. The number of benzene rings is 1. The Morgan fingerprint density at radius 3 is 2.95 bits per heavy atom. The van der Waals surface area contributed by atoms with Gasteiger partial charge in [0.05, 0.1) is 19.3 Å². The molecule has 1 aliphatic heterocycles. The summed E-state index contributed by atoms with van der Waals surface area (Å²) in [6, 6.07) is 5.60. The Hall–Kier alpha value is -0.910. The van der Waals surface area contributed by atoms with Crippen molar-refractivity contribution >= 4 is 21.9 Å². The van der Waals surface area contributed by atoms with Crippen LogP contribution in [-0.2, 0) is 16.0 Å². The van der Waals surface area contributed by atoms with Gasteiger partial charge in [0.15, 0.2) is 0 Å². The highest BCUT2D eigenvalue weighted by Crippen LogP contribution is 2.22. The number of halogens is 1. The van der Waals surface area contributed by atoms with Crippen LogP contribution in [0.1, 0.15) is 28.8 Å². The number of methoxy groups -OCH3 is 1. The predicted octanol–water partition coefficient (Wildman–Crippen LogP) is 3.09. The second kappa shape index (κ2) is 7.92. The standard InChI is InChI=1S/C16H22BrNO3/c1-18(9-12-4-3-7-21-11-12)10-14-6-5-13(8-15(14)17)16(19)20-2/h5-6,8,12H,3-4,7,9-11H2,1-2H3. The van der Waals surface area contributed by atoms with Gasteiger partial charge < -0.3 is 14.4 Å². The van der Waals surface area contributed by atoms with Gasteiger partial charge in [0, 0.05) is 24.2 Å². The minimum absolute atomic E-state index is 0.310. The zero-order valence-electron chi connectivity index (χ0n) is 12.6. The van der Waals surface area contributed by atoms with E-state index in [0.29, 0.717) is 11.5 Å². The van der Waals surface area contributed by atoms with Crippen LogP contribution in [0.15, 0.2) is 22.7 Å². The fourth-order valence-electron chi connectivity index (χ4n) is 2.67. The molecular weight excluding hydrogens is 334 g/mol. The van der Waals surface area contributed by atoms with E-state index in [-0.39, 0.29) is 5.97 Å². The van der Waals surface area contributed by atoms with E-state index >= 15 is 0 Å². The molecule has 21 heavy (non-hydrogen) atoms. The lowest BCUT2D eigenvalue weighted by Crippen LogP contribution is -2.30. The molecule has 0 aliphatic carbocycles. The molecule has 0 N–H and O–H groups in total. The summed E-state index contributed by atoms with van der Waals surface area (Å²) in [5, 5.41) is 0. The fraction of sp³-hybridized carbons (Fsp3) is 0.562. The molecule has 1 fully saturated rings. The maximum Gasteiger partial charge on any atom is 0.337 e. The van der Waals surface area contributed by atoms with Crippen LogP contribution in [0, 0.1) is 5.92 Å². The smallest absolute Gasteiger partial charge is 0.337 e. The van der Waals surface area contributed by atoms with Crippen molar-refractivity contribution in [1.29, 1.82) is 0 Å². The fourth-order valence-corrected chi connectivity index (χ4v) is 3.17.